The van der Waals surface area contributed by atoms with Gasteiger partial charge >= 0.3 is 0 Å². The Kier molecular flexibility index (Phi) is 4.90. The van der Waals surface area contributed by atoms with Crippen LogP contribution in [0.2, 0.25) is 0 Å². The van der Waals surface area contributed by atoms with Crippen molar-refractivity contribution in [2.45, 2.75) is 38.6 Å². The van der Waals surface area contributed by atoms with Crippen LogP contribution in [0.3, 0.4) is 0 Å². The van der Waals surface area contributed by atoms with E-state index >= 15 is 0 Å². The monoisotopic (exact) mass is 314 g/mol. The number of nitrogens with one attached hydrogen (secondary N) is 1. The van der Waals surface area contributed by atoms with E-state index in [9.17, 15) is 4.79 Å². The van der Waals surface area contributed by atoms with E-state index in [1.807, 2.05) is 29.2 Å². The number of carbonyl (C=O) groups excluding carboxylic acids is 1. The van der Waals surface area contributed by atoms with Crippen molar-refractivity contribution in [1.82, 2.24) is 20.1 Å². The van der Waals surface area contributed by atoms with E-state index in [-0.39, 0.29) is 18.6 Å². The molecule has 1 fully saturated rings. The third kappa shape index (κ3) is 3.52. The lowest BCUT2D eigenvalue weighted by atomic mass is 10.0. The number of amides is 1. The minimum atomic E-state index is -0.0243. The molecule has 1 aliphatic heterocycles. The summed E-state index contributed by atoms with van der Waals surface area (Å²) in [7, 11) is 0. The minimum absolute atomic E-state index is 0.00277. The van der Waals surface area contributed by atoms with Gasteiger partial charge in [-0.2, -0.15) is 5.10 Å². The standard InChI is InChI=1S/C17H22N4O2/c1-2-13-7-3-4-9-15(13)23-11-16(22)21-10-6-5-8-14(21)17-18-12-19-20-17/h3-4,7,9,12,14H,2,5-6,8,10-11H2,1H3,(H,18,19,20). The molecular weight excluding hydrogens is 292 g/mol. The zero-order valence-electron chi connectivity index (χ0n) is 13.4. The summed E-state index contributed by atoms with van der Waals surface area (Å²) in [4.78, 5) is 18.7. The maximum absolute atomic E-state index is 12.6. The SMILES string of the molecule is CCc1ccccc1OCC(=O)N1CCCCC1c1ncn[nH]1. The minimum Gasteiger partial charge on any atom is -0.483 e. The van der Waals surface area contributed by atoms with Gasteiger partial charge in [0.1, 0.15) is 17.9 Å². The molecule has 0 bridgehead atoms. The van der Waals surface area contributed by atoms with Gasteiger partial charge in [-0.3, -0.25) is 9.89 Å². The molecular formula is C17H22N4O2. The first-order valence-corrected chi connectivity index (χ1v) is 8.15. The molecule has 1 aliphatic rings. The number of H-pyrrole nitrogens is 1. The summed E-state index contributed by atoms with van der Waals surface area (Å²) >= 11 is 0. The smallest absolute Gasteiger partial charge is 0.261 e. The van der Waals surface area contributed by atoms with E-state index in [1.165, 1.54) is 6.33 Å². The summed E-state index contributed by atoms with van der Waals surface area (Å²) in [6, 6.07) is 7.83. The molecule has 0 aliphatic carbocycles. The second kappa shape index (κ2) is 7.26. The van der Waals surface area contributed by atoms with Crippen LogP contribution in [0, 0.1) is 0 Å². The molecule has 1 saturated heterocycles. The number of nitrogens with zero attached hydrogens (tertiary/aromatic N) is 3. The quantitative estimate of drug-likeness (QED) is 0.920. The first-order chi connectivity index (χ1) is 11.3. The van der Waals surface area contributed by atoms with E-state index < -0.39 is 0 Å². The van der Waals surface area contributed by atoms with Crippen molar-refractivity contribution >= 4 is 5.91 Å². The number of hydrogen-bond donors (Lipinski definition) is 1. The zero-order valence-corrected chi connectivity index (χ0v) is 13.4. The van der Waals surface area contributed by atoms with Crippen LogP contribution in [-0.4, -0.2) is 39.1 Å². The highest BCUT2D eigenvalue weighted by Crippen LogP contribution is 2.28. The van der Waals surface area contributed by atoms with Gasteiger partial charge in [-0.15, -0.1) is 0 Å². The molecule has 1 unspecified atom stereocenters. The van der Waals surface area contributed by atoms with E-state index in [4.69, 9.17) is 4.74 Å². The van der Waals surface area contributed by atoms with Crippen LogP contribution in [0.4, 0.5) is 0 Å². The molecule has 0 radical (unpaired) electrons. The zero-order chi connectivity index (χ0) is 16.1. The number of aromatic nitrogens is 3. The molecule has 2 aromatic rings. The van der Waals surface area contributed by atoms with Crippen molar-refractivity contribution in [2.24, 2.45) is 0 Å². The molecule has 3 rings (SSSR count). The largest absolute Gasteiger partial charge is 0.483 e. The molecule has 1 aromatic carbocycles. The predicted molar refractivity (Wildman–Crippen MR) is 86.0 cm³/mol. The Morgan fingerprint density at radius 1 is 1.39 bits per heavy atom. The van der Waals surface area contributed by atoms with Gasteiger partial charge < -0.3 is 9.64 Å². The summed E-state index contributed by atoms with van der Waals surface area (Å²) in [5.41, 5.74) is 1.12. The van der Waals surface area contributed by atoms with Crippen LogP contribution >= 0.6 is 0 Å². The van der Waals surface area contributed by atoms with Gasteiger partial charge in [0.2, 0.25) is 0 Å². The highest BCUT2D eigenvalue weighted by Gasteiger charge is 2.30. The molecule has 6 nitrogen and oxygen atoms in total. The van der Waals surface area contributed by atoms with E-state index in [2.05, 4.69) is 22.1 Å². The Labute approximate surface area is 135 Å². The van der Waals surface area contributed by atoms with Gasteiger partial charge in [-0.25, -0.2) is 4.98 Å². The molecule has 1 amide bonds. The van der Waals surface area contributed by atoms with Gasteiger partial charge in [-0.1, -0.05) is 25.1 Å². The highest BCUT2D eigenvalue weighted by atomic mass is 16.5. The third-order valence-corrected chi connectivity index (χ3v) is 4.28. The normalized spacial score (nSPS) is 18.0. The number of aromatic amines is 1. The van der Waals surface area contributed by atoms with E-state index in [0.29, 0.717) is 0 Å². The van der Waals surface area contributed by atoms with Gasteiger partial charge in [0.25, 0.3) is 5.91 Å². The second-order valence-corrected chi connectivity index (χ2v) is 5.72. The van der Waals surface area contributed by atoms with E-state index in [1.54, 1.807) is 0 Å². The fraction of sp³-hybridized carbons (Fsp3) is 0.471. The first-order valence-electron chi connectivity index (χ1n) is 8.15. The van der Waals surface area contributed by atoms with Crippen molar-refractivity contribution in [2.75, 3.05) is 13.2 Å². The molecule has 0 spiro atoms. The molecule has 23 heavy (non-hydrogen) atoms. The Morgan fingerprint density at radius 2 is 2.26 bits per heavy atom. The Morgan fingerprint density at radius 3 is 3.04 bits per heavy atom. The van der Waals surface area contributed by atoms with E-state index in [0.717, 1.165) is 49.4 Å². The number of ether oxygens (including phenoxy) is 1. The number of piperidine rings is 1. The summed E-state index contributed by atoms with van der Waals surface area (Å²) in [6.45, 7) is 2.87. The lowest BCUT2D eigenvalue weighted by Gasteiger charge is -2.34. The maximum Gasteiger partial charge on any atom is 0.261 e. The lowest BCUT2D eigenvalue weighted by molar-refractivity contribution is -0.137. The number of aryl methyl sites for hydroxylation is 1. The van der Waals surface area contributed by atoms with Gasteiger partial charge in [-0.05, 0) is 37.3 Å². The van der Waals surface area contributed by atoms with Crippen molar-refractivity contribution in [1.29, 1.82) is 0 Å². The number of rotatable bonds is 5. The molecule has 1 N–H and O–H groups in total. The topological polar surface area (TPSA) is 71.1 Å². The molecule has 122 valence electrons. The number of benzene rings is 1. The number of para-hydroxylation sites is 1. The summed E-state index contributed by atoms with van der Waals surface area (Å²) in [5, 5.41) is 6.79. The van der Waals surface area contributed by atoms with Gasteiger partial charge in [0.05, 0.1) is 6.04 Å². The second-order valence-electron chi connectivity index (χ2n) is 5.72. The average Bonchev–Trinajstić information content (AvgIpc) is 3.14. The molecule has 1 atom stereocenters. The number of likely N-dealkylation sites (tertiary alicyclic amines) is 1. The first kappa shape index (κ1) is 15.5. The fourth-order valence-electron chi connectivity index (χ4n) is 3.05. The van der Waals surface area contributed by atoms with Crippen LogP contribution in [-0.2, 0) is 11.2 Å². The van der Waals surface area contributed by atoms with Crippen molar-refractivity contribution in [3.8, 4) is 5.75 Å². The molecule has 1 aromatic heterocycles. The Hall–Kier alpha value is -2.37. The number of hydrogen-bond acceptors (Lipinski definition) is 4. The predicted octanol–water partition coefficient (Wildman–Crippen LogP) is 2.50. The summed E-state index contributed by atoms with van der Waals surface area (Å²) in [6.07, 6.45) is 5.39. The molecule has 0 saturated carbocycles. The maximum atomic E-state index is 12.6. The average molecular weight is 314 g/mol. The third-order valence-electron chi connectivity index (χ3n) is 4.28. The Balaban J connectivity index is 1.66. The van der Waals surface area contributed by atoms with Crippen LogP contribution < -0.4 is 4.74 Å². The molecule has 6 heteroatoms. The van der Waals surface area contributed by atoms with Crippen LogP contribution in [0.25, 0.3) is 0 Å². The van der Waals surface area contributed by atoms with Crippen molar-refractivity contribution in [3.63, 3.8) is 0 Å². The summed E-state index contributed by atoms with van der Waals surface area (Å²) in [5.74, 6) is 1.54. The molecule has 2 heterocycles. The lowest BCUT2D eigenvalue weighted by Crippen LogP contribution is -2.41. The number of carbonyl (C=O) groups is 1. The van der Waals surface area contributed by atoms with Crippen LogP contribution in [0.15, 0.2) is 30.6 Å². The van der Waals surface area contributed by atoms with Crippen LogP contribution in [0.5, 0.6) is 5.75 Å². The van der Waals surface area contributed by atoms with Crippen molar-refractivity contribution < 1.29 is 9.53 Å². The fourth-order valence-corrected chi connectivity index (χ4v) is 3.05. The van der Waals surface area contributed by atoms with Gasteiger partial charge in [0.15, 0.2) is 6.61 Å². The van der Waals surface area contributed by atoms with Crippen molar-refractivity contribution in [3.05, 3.63) is 42.0 Å². The summed E-state index contributed by atoms with van der Waals surface area (Å²) < 4.78 is 5.77. The van der Waals surface area contributed by atoms with Crippen LogP contribution in [0.1, 0.15) is 43.6 Å². The highest BCUT2D eigenvalue weighted by molar-refractivity contribution is 5.78. The van der Waals surface area contributed by atoms with Gasteiger partial charge in [0, 0.05) is 6.54 Å². The Bertz CT molecular complexity index is 642.